The standard InChI is InChI=1S/C22H18Cl2N2O2S/c1-14(21(27)25-18-8-3-7-17(24)12-18)29-20-10-4-9-19(13-20)26-22(28)15-5-2-6-16(23)11-15/h2-14H,1H3,(H,25,27)(H,26,28). The fraction of sp³-hybridized carbons (Fsp3) is 0.0909. The highest BCUT2D eigenvalue weighted by atomic mass is 35.5. The van der Waals surface area contributed by atoms with E-state index in [2.05, 4.69) is 10.6 Å². The molecule has 0 aliphatic rings. The Morgan fingerprint density at radius 1 is 0.828 bits per heavy atom. The Labute approximate surface area is 183 Å². The minimum atomic E-state index is -0.340. The lowest BCUT2D eigenvalue weighted by molar-refractivity contribution is -0.115. The Morgan fingerprint density at radius 3 is 2.14 bits per heavy atom. The van der Waals surface area contributed by atoms with E-state index in [4.69, 9.17) is 23.2 Å². The Morgan fingerprint density at radius 2 is 1.45 bits per heavy atom. The van der Waals surface area contributed by atoms with Crippen molar-refractivity contribution in [3.8, 4) is 0 Å². The first-order valence-corrected chi connectivity index (χ1v) is 10.4. The van der Waals surface area contributed by atoms with Crippen molar-refractivity contribution in [3.05, 3.63) is 88.4 Å². The van der Waals surface area contributed by atoms with Crippen molar-refractivity contribution in [3.63, 3.8) is 0 Å². The minimum Gasteiger partial charge on any atom is -0.325 e. The van der Waals surface area contributed by atoms with Gasteiger partial charge in [-0.2, -0.15) is 0 Å². The molecule has 2 N–H and O–H groups in total. The Hall–Kier alpha value is -2.47. The molecule has 148 valence electrons. The molecule has 4 nitrogen and oxygen atoms in total. The molecule has 0 fully saturated rings. The molecular formula is C22H18Cl2N2O2S. The van der Waals surface area contributed by atoms with Gasteiger partial charge < -0.3 is 10.6 Å². The van der Waals surface area contributed by atoms with Crippen LogP contribution in [0.3, 0.4) is 0 Å². The summed E-state index contributed by atoms with van der Waals surface area (Å²) in [5, 5.41) is 6.42. The minimum absolute atomic E-state index is 0.134. The van der Waals surface area contributed by atoms with E-state index in [1.54, 1.807) is 54.6 Å². The molecule has 0 aliphatic carbocycles. The Bertz CT molecular complexity index is 1040. The van der Waals surface area contributed by atoms with E-state index in [1.165, 1.54) is 11.8 Å². The van der Waals surface area contributed by atoms with E-state index in [1.807, 2.05) is 25.1 Å². The molecule has 0 heterocycles. The van der Waals surface area contributed by atoms with Crippen LogP contribution in [0.4, 0.5) is 11.4 Å². The van der Waals surface area contributed by atoms with E-state index < -0.39 is 0 Å². The van der Waals surface area contributed by atoms with Crippen LogP contribution in [0.5, 0.6) is 0 Å². The van der Waals surface area contributed by atoms with E-state index >= 15 is 0 Å². The van der Waals surface area contributed by atoms with Gasteiger partial charge in [-0.05, 0) is 61.5 Å². The van der Waals surface area contributed by atoms with Gasteiger partial charge in [-0.25, -0.2) is 0 Å². The topological polar surface area (TPSA) is 58.2 Å². The molecule has 0 spiro atoms. The zero-order chi connectivity index (χ0) is 20.8. The van der Waals surface area contributed by atoms with Crippen molar-refractivity contribution in [2.75, 3.05) is 10.6 Å². The van der Waals surface area contributed by atoms with E-state index in [0.29, 0.717) is 27.0 Å². The van der Waals surface area contributed by atoms with Crippen molar-refractivity contribution >= 4 is 58.2 Å². The summed E-state index contributed by atoms with van der Waals surface area (Å²) in [6, 6.07) is 21.1. The number of carbonyl (C=O) groups is 2. The van der Waals surface area contributed by atoms with Gasteiger partial charge in [-0.3, -0.25) is 9.59 Å². The summed E-state index contributed by atoms with van der Waals surface area (Å²) in [6.07, 6.45) is 0. The monoisotopic (exact) mass is 444 g/mol. The summed E-state index contributed by atoms with van der Waals surface area (Å²) in [5.74, 6) is -0.382. The number of amides is 2. The molecule has 29 heavy (non-hydrogen) atoms. The van der Waals surface area contributed by atoms with Crippen LogP contribution in [-0.2, 0) is 4.79 Å². The third-order valence-corrected chi connectivity index (χ3v) is 5.52. The summed E-state index contributed by atoms with van der Waals surface area (Å²) in [6.45, 7) is 1.82. The highest BCUT2D eigenvalue weighted by molar-refractivity contribution is 8.00. The predicted octanol–water partition coefficient (Wildman–Crippen LogP) is 6.37. The van der Waals surface area contributed by atoms with Crippen LogP contribution in [0, 0.1) is 0 Å². The molecule has 1 unspecified atom stereocenters. The van der Waals surface area contributed by atoms with Gasteiger partial charge in [0, 0.05) is 31.9 Å². The summed E-state index contributed by atoms with van der Waals surface area (Å²) >= 11 is 13.3. The van der Waals surface area contributed by atoms with Gasteiger partial charge in [0.15, 0.2) is 0 Å². The van der Waals surface area contributed by atoms with E-state index in [0.717, 1.165) is 4.90 Å². The number of halogens is 2. The predicted molar refractivity (Wildman–Crippen MR) is 121 cm³/mol. The van der Waals surface area contributed by atoms with Crippen molar-refractivity contribution < 1.29 is 9.59 Å². The Balaban J connectivity index is 1.63. The molecule has 0 radical (unpaired) electrons. The number of rotatable bonds is 6. The van der Waals surface area contributed by atoms with Gasteiger partial charge in [0.05, 0.1) is 5.25 Å². The van der Waals surface area contributed by atoms with Crippen molar-refractivity contribution in [1.82, 2.24) is 0 Å². The normalized spacial score (nSPS) is 11.6. The number of hydrogen-bond acceptors (Lipinski definition) is 3. The lowest BCUT2D eigenvalue weighted by Gasteiger charge is -2.13. The van der Waals surface area contributed by atoms with Crippen molar-refractivity contribution in [2.45, 2.75) is 17.1 Å². The van der Waals surface area contributed by atoms with Gasteiger partial charge >= 0.3 is 0 Å². The van der Waals surface area contributed by atoms with Gasteiger partial charge in [0.25, 0.3) is 5.91 Å². The van der Waals surface area contributed by atoms with Crippen LogP contribution in [0.25, 0.3) is 0 Å². The maximum atomic E-state index is 12.5. The smallest absolute Gasteiger partial charge is 0.255 e. The molecule has 7 heteroatoms. The molecule has 3 rings (SSSR count). The van der Waals surface area contributed by atoms with Crippen molar-refractivity contribution in [2.24, 2.45) is 0 Å². The molecule has 0 aromatic heterocycles. The van der Waals surface area contributed by atoms with Gasteiger partial charge in [-0.1, -0.05) is 41.4 Å². The number of carbonyl (C=O) groups excluding carboxylic acids is 2. The highest BCUT2D eigenvalue weighted by Gasteiger charge is 2.15. The van der Waals surface area contributed by atoms with E-state index in [9.17, 15) is 9.59 Å². The molecule has 0 bridgehead atoms. The third kappa shape index (κ3) is 6.26. The van der Waals surface area contributed by atoms with Crippen LogP contribution in [0.15, 0.2) is 77.7 Å². The highest BCUT2D eigenvalue weighted by Crippen LogP contribution is 2.27. The first-order valence-electron chi connectivity index (χ1n) is 8.81. The van der Waals surface area contributed by atoms with Gasteiger partial charge in [-0.15, -0.1) is 11.8 Å². The summed E-state index contributed by atoms with van der Waals surface area (Å²) in [7, 11) is 0. The second-order valence-corrected chi connectivity index (χ2v) is 8.54. The molecular weight excluding hydrogens is 427 g/mol. The van der Waals surface area contributed by atoms with Gasteiger partial charge in [0.2, 0.25) is 5.91 Å². The average molecular weight is 445 g/mol. The number of nitrogens with one attached hydrogen (secondary N) is 2. The molecule has 0 saturated heterocycles. The summed E-state index contributed by atoms with van der Waals surface area (Å²) in [4.78, 5) is 25.7. The zero-order valence-electron chi connectivity index (χ0n) is 15.5. The van der Waals surface area contributed by atoms with E-state index in [-0.39, 0.29) is 17.1 Å². The average Bonchev–Trinajstić information content (AvgIpc) is 2.68. The molecule has 3 aromatic carbocycles. The number of benzene rings is 3. The molecule has 3 aromatic rings. The van der Waals surface area contributed by atoms with Gasteiger partial charge in [0.1, 0.15) is 0 Å². The second-order valence-electron chi connectivity index (χ2n) is 6.25. The fourth-order valence-corrected chi connectivity index (χ4v) is 3.85. The van der Waals surface area contributed by atoms with Crippen LogP contribution in [0.1, 0.15) is 17.3 Å². The first kappa shape index (κ1) is 21.2. The Kier molecular flexibility index (Phi) is 7.20. The van der Waals surface area contributed by atoms with Crippen molar-refractivity contribution in [1.29, 1.82) is 0 Å². The SMILES string of the molecule is CC(Sc1cccc(NC(=O)c2cccc(Cl)c2)c1)C(=O)Nc1cccc(Cl)c1. The molecule has 0 saturated carbocycles. The third-order valence-electron chi connectivity index (χ3n) is 3.95. The number of anilines is 2. The fourth-order valence-electron chi connectivity index (χ4n) is 2.55. The first-order chi connectivity index (χ1) is 13.9. The summed E-state index contributed by atoms with van der Waals surface area (Å²) < 4.78 is 0. The molecule has 1 atom stereocenters. The van der Waals surface area contributed by atoms with Crippen LogP contribution < -0.4 is 10.6 Å². The maximum absolute atomic E-state index is 12.5. The number of thioether (sulfide) groups is 1. The zero-order valence-corrected chi connectivity index (χ0v) is 17.8. The van der Waals surface area contributed by atoms with Crippen LogP contribution >= 0.6 is 35.0 Å². The maximum Gasteiger partial charge on any atom is 0.255 e. The van der Waals surface area contributed by atoms with Crippen LogP contribution in [-0.4, -0.2) is 17.1 Å². The molecule has 0 aliphatic heterocycles. The lowest BCUT2D eigenvalue weighted by Crippen LogP contribution is -2.22. The second kappa shape index (κ2) is 9.83. The largest absolute Gasteiger partial charge is 0.325 e. The quantitative estimate of drug-likeness (QED) is 0.434. The van der Waals surface area contributed by atoms with Crippen LogP contribution in [0.2, 0.25) is 10.0 Å². The lowest BCUT2D eigenvalue weighted by atomic mass is 10.2. The summed E-state index contributed by atoms with van der Waals surface area (Å²) in [5.41, 5.74) is 1.77. The molecule has 2 amide bonds. The number of hydrogen-bond donors (Lipinski definition) is 2.